The Kier molecular flexibility index (Phi) is 8.47. The first-order valence-electron chi connectivity index (χ1n) is 7.75. The highest BCUT2D eigenvalue weighted by Gasteiger charge is 2.13. The third kappa shape index (κ3) is 6.49. The van der Waals surface area contributed by atoms with Crippen LogP contribution in [-0.4, -0.2) is 19.7 Å². The summed E-state index contributed by atoms with van der Waals surface area (Å²) >= 11 is 0. The molecule has 2 atom stereocenters. The van der Waals surface area contributed by atoms with Gasteiger partial charge in [-0.2, -0.15) is 0 Å². The van der Waals surface area contributed by atoms with Crippen LogP contribution in [0.4, 0.5) is 4.39 Å². The van der Waals surface area contributed by atoms with Crippen LogP contribution < -0.4 is 5.32 Å². The molecule has 0 bridgehead atoms. The third-order valence-corrected chi connectivity index (χ3v) is 3.36. The van der Waals surface area contributed by atoms with Gasteiger partial charge in [0.1, 0.15) is 5.82 Å². The zero-order chi connectivity index (χ0) is 14.8. The molecular formula is C17H28FNO. The summed E-state index contributed by atoms with van der Waals surface area (Å²) in [4.78, 5) is 0. The molecule has 0 saturated heterocycles. The van der Waals surface area contributed by atoms with Crippen LogP contribution in [0.2, 0.25) is 0 Å². The molecule has 0 aliphatic heterocycles. The average molecular weight is 281 g/mol. The van der Waals surface area contributed by atoms with Crippen molar-refractivity contribution in [2.24, 2.45) is 5.92 Å². The summed E-state index contributed by atoms with van der Waals surface area (Å²) in [5.41, 5.74) is 1.04. The summed E-state index contributed by atoms with van der Waals surface area (Å²) in [6.45, 7) is 9.05. The van der Waals surface area contributed by atoms with E-state index in [9.17, 15) is 4.39 Å². The lowest BCUT2D eigenvalue weighted by Gasteiger charge is -2.21. The maximum absolute atomic E-state index is 13.0. The van der Waals surface area contributed by atoms with E-state index >= 15 is 0 Å². The smallest absolute Gasteiger partial charge is 0.123 e. The van der Waals surface area contributed by atoms with Gasteiger partial charge in [-0.1, -0.05) is 39.3 Å². The third-order valence-electron chi connectivity index (χ3n) is 3.36. The van der Waals surface area contributed by atoms with Crippen LogP contribution in [0.15, 0.2) is 24.3 Å². The highest BCUT2D eigenvalue weighted by molar-refractivity contribution is 5.19. The predicted octanol–water partition coefficient (Wildman–Crippen LogP) is 4.32. The largest absolute Gasteiger partial charge is 0.372 e. The van der Waals surface area contributed by atoms with E-state index in [2.05, 4.69) is 26.1 Å². The number of nitrogens with one attached hydrogen (secondary N) is 1. The van der Waals surface area contributed by atoms with E-state index in [1.807, 2.05) is 12.1 Å². The Labute approximate surface area is 122 Å². The van der Waals surface area contributed by atoms with E-state index in [4.69, 9.17) is 4.74 Å². The molecule has 0 aliphatic rings. The molecule has 2 unspecified atom stereocenters. The highest BCUT2D eigenvalue weighted by atomic mass is 19.1. The normalized spacial score (nSPS) is 14.2. The fourth-order valence-corrected chi connectivity index (χ4v) is 2.22. The highest BCUT2D eigenvalue weighted by Crippen LogP contribution is 2.19. The Bertz CT molecular complexity index is 353. The fourth-order valence-electron chi connectivity index (χ4n) is 2.22. The minimum absolute atomic E-state index is 0.00135. The van der Waals surface area contributed by atoms with Crippen LogP contribution in [0.1, 0.15) is 51.7 Å². The van der Waals surface area contributed by atoms with Gasteiger partial charge in [0.2, 0.25) is 0 Å². The van der Waals surface area contributed by atoms with Crippen molar-refractivity contribution in [3.8, 4) is 0 Å². The van der Waals surface area contributed by atoms with Crippen LogP contribution in [0.5, 0.6) is 0 Å². The van der Waals surface area contributed by atoms with Gasteiger partial charge in [-0.05, 0) is 43.0 Å². The van der Waals surface area contributed by atoms with Gasteiger partial charge in [-0.15, -0.1) is 0 Å². The molecule has 0 fully saturated rings. The van der Waals surface area contributed by atoms with Crippen LogP contribution in [0.3, 0.4) is 0 Å². The number of rotatable bonds is 10. The molecule has 20 heavy (non-hydrogen) atoms. The van der Waals surface area contributed by atoms with Gasteiger partial charge in [0.25, 0.3) is 0 Å². The van der Waals surface area contributed by atoms with Gasteiger partial charge >= 0.3 is 0 Å². The molecule has 1 N–H and O–H groups in total. The molecule has 2 nitrogen and oxygen atoms in total. The molecule has 0 radical (unpaired) electrons. The second kappa shape index (κ2) is 9.89. The van der Waals surface area contributed by atoms with E-state index in [1.54, 1.807) is 0 Å². The Balaban J connectivity index is 2.57. The number of hydrogen-bond donors (Lipinski definition) is 1. The Morgan fingerprint density at radius 1 is 1.15 bits per heavy atom. The van der Waals surface area contributed by atoms with E-state index in [1.165, 1.54) is 25.0 Å². The lowest BCUT2D eigenvalue weighted by molar-refractivity contribution is 0.0300. The minimum atomic E-state index is -0.201. The molecule has 0 spiro atoms. The zero-order valence-corrected chi connectivity index (χ0v) is 13.0. The number of halogens is 1. The minimum Gasteiger partial charge on any atom is -0.372 e. The van der Waals surface area contributed by atoms with Crippen molar-refractivity contribution in [3.63, 3.8) is 0 Å². The average Bonchev–Trinajstić information content (AvgIpc) is 2.44. The van der Waals surface area contributed by atoms with Crippen LogP contribution in [0.25, 0.3) is 0 Å². The van der Waals surface area contributed by atoms with Gasteiger partial charge in [0.15, 0.2) is 0 Å². The fraction of sp³-hybridized carbons (Fsp3) is 0.647. The van der Waals surface area contributed by atoms with Crippen LogP contribution >= 0.6 is 0 Å². The van der Waals surface area contributed by atoms with Gasteiger partial charge in [0.05, 0.1) is 12.7 Å². The molecule has 1 rings (SSSR count). The summed E-state index contributed by atoms with van der Waals surface area (Å²) < 4.78 is 19.1. The lowest BCUT2D eigenvalue weighted by Crippen LogP contribution is -2.25. The Morgan fingerprint density at radius 2 is 1.85 bits per heavy atom. The number of benzene rings is 1. The number of ether oxygens (including phenoxy) is 1. The molecule has 1 aromatic carbocycles. The molecule has 114 valence electrons. The van der Waals surface area contributed by atoms with Crippen molar-refractivity contribution >= 4 is 0 Å². The summed E-state index contributed by atoms with van der Waals surface area (Å²) in [7, 11) is 0. The van der Waals surface area contributed by atoms with Gasteiger partial charge < -0.3 is 10.1 Å². The van der Waals surface area contributed by atoms with Crippen molar-refractivity contribution in [3.05, 3.63) is 35.6 Å². The zero-order valence-electron chi connectivity index (χ0n) is 13.0. The molecular weight excluding hydrogens is 253 g/mol. The summed E-state index contributed by atoms with van der Waals surface area (Å²) in [5, 5.41) is 3.39. The molecule has 1 aromatic rings. The monoisotopic (exact) mass is 281 g/mol. The lowest BCUT2D eigenvalue weighted by atomic mass is 10.1. The van der Waals surface area contributed by atoms with Crippen LogP contribution in [0, 0.1) is 11.7 Å². The maximum Gasteiger partial charge on any atom is 0.123 e. The second-order valence-electron chi connectivity index (χ2n) is 5.47. The molecule has 0 saturated carbocycles. The van der Waals surface area contributed by atoms with E-state index in [0.29, 0.717) is 5.92 Å². The van der Waals surface area contributed by atoms with Crippen molar-refractivity contribution in [1.29, 1.82) is 0 Å². The van der Waals surface area contributed by atoms with Gasteiger partial charge in [0, 0.05) is 6.54 Å². The molecule has 0 amide bonds. The Hall–Kier alpha value is -0.930. The quantitative estimate of drug-likeness (QED) is 0.645. The number of hydrogen-bond acceptors (Lipinski definition) is 2. The van der Waals surface area contributed by atoms with Gasteiger partial charge in [-0.25, -0.2) is 4.39 Å². The first kappa shape index (κ1) is 17.1. The molecule has 0 aliphatic carbocycles. The predicted molar refractivity (Wildman–Crippen MR) is 82.3 cm³/mol. The standard InChI is InChI=1S/C17H28FNO/c1-4-6-14(3)13-20-17(12-19-11-5-2)15-7-9-16(18)10-8-15/h7-10,14,17,19H,4-6,11-13H2,1-3H3. The van der Waals surface area contributed by atoms with E-state index < -0.39 is 0 Å². The van der Waals surface area contributed by atoms with Gasteiger partial charge in [-0.3, -0.25) is 0 Å². The summed E-state index contributed by atoms with van der Waals surface area (Å²) in [6.07, 6.45) is 3.46. The van der Waals surface area contributed by atoms with Crippen molar-refractivity contribution in [2.45, 2.75) is 46.1 Å². The summed E-state index contributed by atoms with van der Waals surface area (Å²) in [6, 6.07) is 6.64. The van der Waals surface area contributed by atoms with Crippen molar-refractivity contribution < 1.29 is 9.13 Å². The van der Waals surface area contributed by atoms with E-state index in [-0.39, 0.29) is 11.9 Å². The maximum atomic E-state index is 13.0. The molecule has 0 heterocycles. The Morgan fingerprint density at radius 3 is 2.45 bits per heavy atom. The molecule has 0 aromatic heterocycles. The van der Waals surface area contributed by atoms with Crippen molar-refractivity contribution in [1.82, 2.24) is 5.32 Å². The topological polar surface area (TPSA) is 21.3 Å². The first-order chi connectivity index (χ1) is 9.67. The second-order valence-corrected chi connectivity index (χ2v) is 5.47. The van der Waals surface area contributed by atoms with Crippen LogP contribution in [-0.2, 0) is 4.74 Å². The molecule has 3 heteroatoms. The van der Waals surface area contributed by atoms with Crippen molar-refractivity contribution in [2.75, 3.05) is 19.7 Å². The first-order valence-corrected chi connectivity index (χ1v) is 7.75. The SMILES string of the molecule is CCCNCC(OCC(C)CCC)c1ccc(F)cc1. The summed E-state index contributed by atoms with van der Waals surface area (Å²) in [5.74, 6) is 0.363. The van der Waals surface area contributed by atoms with E-state index in [0.717, 1.165) is 31.7 Å².